The van der Waals surface area contributed by atoms with Crippen LogP contribution in [0.2, 0.25) is 0 Å². The molecule has 0 saturated carbocycles. The summed E-state index contributed by atoms with van der Waals surface area (Å²) < 4.78 is 0. The number of aliphatic hydroxyl groups is 1. The van der Waals surface area contributed by atoms with E-state index in [1.807, 2.05) is 30.3 Å². The van der Waals surface area contributed by atoms with Gasteiger partial charge >= 0.3 is 0 Å². The van der Waals surface area contributed by atoms with Crippen molar-refractivity contribution in [1.29, 1.82) is 0 Å². The molecule has 1 aromatic heterocycles. The van der Waals surface area contributed by atoms with Gasteiger partial charge in [-0.1, -0.05) is 30.3 Å². The Hall–Kier alpha value is -2.67. The first-order valence-corrected chi connectivity index (χ1v) is 5.94. The van der Waals surface area contributed by atoms with Gasteiger partial charge in [0.15, 0.2) is 0 Å². The molecule has 20 heavy (non-hydrogen) atoms. The molecular formula is C13H14N4O3. The van der Waals surface area contributed by atoms with Crippen LogP contribution in [0.25, 0.3) is 0 Å². The van der Waals surface area contributed by atoms with Gasteiger partial charge in [-0.25, -0.2) is 4.98 Å². The van der Waals surface area contributed by atoms with E-state index in [1.165, 1.54) is 12.1 Å². The monoisotopic (exact) mass is 274 g/mol. The van der Waals surface area contributed by atoms with E-state index in [9.17, 15) is 15.2 Å². The molecule has 1 atom stereocenters. The largest absolute Gasteiger partial charge is 0.394 e. The summed E-state index contributed by atoms with van der Waals surface area (Å²) in [4.78, 5) is 14.2. The fraction of sp³-hybridized carbons (Fsp3) is 0.154. The number of nitrogen functional groups attached to an aromatic ring is 1. The summed E-state index contributed by atoms with van der Waals surface area (Å²) in [7, 11) is 0. The summed E-state index contributed by atoms with van der Waals surface area (Å²) in [5, 5.41) is 23.1. The maximum absolute atomic E-state index is 10.8. The van der Waals surface area contributed by atoms with Crippen molar-refractivity contribution in [3.63, 3.8) is 0 Å². The molecule has 104 valence electrons. The molecule has 0 fully saturated rings. The number of hydrogen-bond donors (Lipinski definition) is 3. The maximum atomic E-state index is 10.8. The fourth-order valence-electron chi connectivity index (χ4n) is 1.81. The lowest BCUT2D eigenvalue weighted by molar-refractivity contribution is -0.384. The van der Waals surface area contributed by atoms with Crippen LogP contribution in [0.1, 0.15) is 11.6 Å². The van der Waals surface area contributed by atoms with Crippen molar-refractivity contribution in [1.82, 2.24) is 4.98 Å². The smallest absolute Gasteiger partial charge is 0.276 e. The first kappa shape index (κ1) is 13.8. The number of hydrogen-bond acceptors (Lipinski definition) is 6. The van der Waals surface area contributed by atoms with E-state index < -0.39 is 11.0 Å². The molecule has 1 heterocycles. The molecule has 0 aliphatic heterocycles. The van der Waals surface area contributed by atoms with Crippen LogP contribution in [-0.4, -0.2) is 21.6 Å². The SMILES string of the molecule is Nc1cc([N+](=O)[O-])cc(NC(CO)c2ccccc2)n1. The zero-order valence-corrected chi connectivity index (χ0v) is 10.6. The molecule has 0 saturated heterocycles. The molecule has 4 N–H and O–H groups in total. The maximum Gasteiger partial charge on any atom is 0.276 e. The van der Waals surface area contributed by atoms with Gasteiger partial charge in [0, 0.05) is 0 Å². The highest BCUT2D eigenvalue weighted by molar-refractivity contribution is 5.53. The molecule has 0 radical (unpaired) electrons. The van der Waals surface area contributed by atoms with Crippen molar-refractivity contribution < 1.29 is 10.0 Å². The fourth-order valence-corrected chi connectivity index (χ4v) is 1.81. The average Bonchev–Trinajstić information content (AvgIpc) is 2.45. The van der Waals surface area contributed by atoms with E-state index in [4.69, 9.17) is 5.73 Å². The second-order valence-electron chi connectivity index (χ2n) is 4.18. The van der Waals surface area contributed by atoms with Crippen LogP contribution in [0.5, 0.6) is 0 Å². The Balaban J connectivity index is 2.26. The molecule has 0 aliphatic carbocycles. The number of aliphatic hydroxyl groups excluding tert-OH is 1. The zero-order valence-electron chi connectivity index (χ0n) is 10.6. The quantitative estimate of drug-likeness (QED) is 0.565. The van der Waals surface area contributed by atoms with Crippen LogP contribution < -0.4 is 11.1 Å². The van der Waals surface area contributed by atoms with Gasteiger partial charge in [0.05, 0.1) is 29.7 Å². The molecule has 0 bridgehead atoms. The Morgan fingerprint density at radius 1 is 1.35 bits per heavy atom. The summed E-state index contributed by atoms with van der Waals surface area (Å²) in [5.41, 5.74) is 6.24. The Morgan fingerprint density at radius 3 is 2.65 bits per heavy atom. The lowest BCUT2D eigenvalue weighted by atomic mass is 10.1. The van der Waals surface area contributed by atoms with Crippen molar-refractivity contribution in [3.05, 3.63) is 58.1 Å². The van der Waals surface area contributed by atoms with Crippen LogP contribution >= 0.6 is 0 Å². The number of nitrogens with two attached hydrogens (primary N) is 1. The van der Waals surface area contributed by atoms with E-state index in [-0.39, 0.29) is 23.9 Å². The van der Waals surface area contributed by atoms with Gasteiger partial charge < -0.3 is 16.2 Å². The number of benzene rings is 1. The molecule has 2 aromatic rings. The standard InChI is InChI=1S/C13H14N4O3/c14-12-6-10(17(19)20)7-13(16-12)15-11(8-18)9-4-2-1-3-5-9/h1-7,11,18H,8H2,(H3,14,15,16). The second-order valence-corrected chi connectivity index (χ2v) is 4.18. The van der Waals surface area contributed by atoms with Crippen LogP contribution in [0.4, 0.5) is 17.3 Å². The number of rotatable bonds is 5. The van der Waals surface area contributed by atoms with Crippen molar-refractivity contribution >= 4 is 17.3 Å². The summed E-state index contributed by atoms with van der Waals surface area (Å²) in [6.07, 6.45) is 0. The molecule has 1 unspecified atom stereocenters. The second kappa shape index (κ2) is 5.98. The summed E-state index contributed by atoms with van der Waals surface area (Å²) >= 11 is 0. The topological polar surface area (TPSA) is 114 Å². The minimum atomic E-state index is -0.542. The predicted octanol–water partition coefficient (Wildman–Crippen LogP) is 1.72. The Morgan fingerprint density at radius 2 is 2.05 bits per heavy atom. The van der Waals surface area contributed by atoms with E-state index in [0.29, 0.717) is 0 Å². The van der Waals surface area contributed by atoms with Gasteiger partial charge in [-0.05, 0) is 5.56 Å². The van der Waals surface area contributed by atoms with Crippen molar-refractivity contribution in [2.24, 2.45) is 0 Å². The summed E-state index contributed by atoms with van der Waals surface area (Å²) in [5.74, 6) is 0.297. The number of pyridine rings is 1. The molecule has 0 spiro atoms. The summed E-state index contributed by atoms with van der Waals surface area (Å²) in [6, 6.07) is 11.3. The highest BCUT2D eigenvalue weighted by atomic mass is 16.6. The van der Waals surface area contributed by atoms with Gasteiger partial charge in [0.25, 0.3) is 5.69 Å². The van der Waals surface area contributed by atoms with Crippen LogP contribution in [0.3, 0.4) is 0 Å². The van der Waals surface area contributed by atoms with Crippen LogP contribution in [0.15, 0.2) is 42.5 Å². The molecule has 1 aromatic carbocycles. The first-order chi connectivity index (χ1) is 9.60. The van der Waals surface area contributed by atoms with E-state index in [0.717, 1.165) is 5.56 Å². The zero-order chi connectivity index (χ0) is 14.5. The molecule has 2 rings (SSSR count). The highest BCUT2D eigenvalue weighted by Gasteiger charge is 2.14. The van der Waals surface area contributed by atoms with Gasteiger partial charge in [-0.3, -0.25) is 10.1 Å². The van der Waals surface area contributed by atoms with Crippen LogP contribution in [-0.2, 0) is 0 Å². The van der Waals surface area contributed by atoms with Gasteiger partial charge in [0.2, 0.25) is 0 Å². The van der Waals surface area contributed by atoms with Gasteiger partial charge in [0.1, 0.15) is 11.6 Å². The molecule has 0 amide bonds. The predicted molar refractivity (Wildman–Crippen MR) is 75.2 cm³/mol. The van der Waals surface area contributed by atoms with Crippen molar-refractivity contribution in [3.8, 4) is 0 Å². The minimum absolute atomic E-state index is 0.0476. The Bertz CT molecular complexity index is 604. The molecule has 7 nitrogen and oxygen atoms in total. The Labute approximate surface area is 115 Å². The number of aromatic nitrogens is 1. The third kappa shape index (κ3) is 3.21. The minimum Gasteiger partial charge on any atom is -0.394 e. The Kier molecular flexibility index (Phi) is 4.11. The van der Waals surface area contributed by atoms with E-state index in [2.05, 4.69) is 10.3 Å². The lowest BCUT2D eigenvalue weighted by Gasteiger charge is -2.17. The summed E-state index contributed by atoms with van der Waals surface area (Å²) in [6.45, 7) is -0.172. The van der Waals surface area contributed by atoms with Gasteiger partial charge in [-0.2, -0.15) is 0 Å². The molecule has 0 aliphatic rings. The molecule has 7 heteroatoms. The number of nitro groups is 1. The van der Waals surface area contributed by atoms with Crippen molar-refractivity contribution in [2.45, 2.75) is 6.04 Å². The van der Waals surface area contributed by atoms with Crippen molar-refractivity contribution in [2.75, 3.05) is 17.7 Å². The number of nitrogens with zero attached hydrogens (tertiary/aromatic N) is 2. The average molecular weight is 274 g/mol. The highest BCUT2D eigenvalue weighted by Crippen LogP contribution is 2.23. The van der Waals surface area contributed by atoms with E-state index in [1.54, 1.807) is 0 Å². The third-order valence-electron chi connectivity index (χ3n) is 2.75. The normalized spacial score (nSPS) is 11.8. The third-order valence-corrected chi connectivity index (χ3v) is 2.75. The number of nitrogens with one attached hydrogen (secondary N) is 1. The lowest BCUT2D eigenvalue weighted by Crippen LogP contribution is -2.16. The van der Waals surface area contributed by atoms with Gasteiger partial charge in [-0.15, -0.1) is 0 Å². The van der Waals surface area contributed by atoms with E-state index >= 15 is 0 Å². The molecular weight excluding hydrogens is 260 g/mol. The first-order valence-electron chi connectivity index (χ1n) is 5.94. The number of anilines is 2. The van der Waals surface area contributed by atoms with Crippen LogP contribution in [0, 0.1) is 10.1 Å².